The van der Waals surface area contributed by atoms with Gasteiger partial charge in [0.2, 0.25) is 0 Å². The molecule has 0 amide bonds. The maximum absolute atomic E-state index is 10.9. The molecular weight excluding hydrogens is 374 g/mol. The maximum atomic E-state index is 10.9. The second-order valence-electron chi connectivity index (χ2n) is 7.50. The average molecular weight is 416 g/mol. The fourth-order valence-electron chi connectivity index (χ4n) is 2.99. The van der Waals surface area contributed by atoms with Crippen molar-refractivity contribution in [1.29, 1.82) is 0 Å². The van der Waals surface area contributed by atoms with Crippen molar-refractivity contribution in [3.05, 3.63) is 12.2 Å². The van der Waals surface area contributed by atoms with E-state index in [1.165, 1.54) is 76.0 Å². The van der Waals surface area contributed by atoms with Gasteiger partial charge in [0.05, 0.1) is 0 Å². The predicted octanol–water partition coefficient (Wildman–Crippen LogP) is 5.62. The van der Waals surface area contributed by atoms with Gasteiger partial charge in [0.1, 0.15) is 6.04 Å². The summed E-state index contributed by atoms with van der Waals surface area (Å²) in [6, 6.07) is -0.873. The number of aliphatic carboxylic acids is 2. The summed E-state index contributed by atoms with van der Waals surface area (Å²) >= 11 is 1.51. The summed E-state index contributed by atoms with van der Waals surface area (Å²) in [4.78, 5) is 21.5. The lowest BCUT2D eigenvalue weighted by atomic mass is 10.1. The molecule has 0 aromatic rings. The van der Waals surface area contributed by atoms with Crippen LogP contribution >= 0.6 is 11.8 Å². The molecule has 0 aliphatic rings. The van der Waals surface area contributed by atoms with Gasteiger partial charge < -0.3 is 15.9 Å². The van der Waals surface area contributed by atoms with Crippen molar-refractivity contribution in [2.45, 2.75) is 108 Å². The highest BCUT2D eigenvalue weighted by molar-refractivity contribution is 8.00. The molecule has 0 aliphatic carbocycles. The van der Waals surface area contributed by atoms with Gasteiger partial charge in [0.25, 0.3) is 0 Å². The van der Waals surface area contributed by atoms with Crippen LogP contribution in [0.3, 0.4) is 0 Å². The summed E-state index contributed by atoms with van der Waals surface area (Å²) in [7, 11) is 0. The monoisotopic (exact) mass is 415 g/mol. The highest BCUT2D eigenvalue weighted by atomic mass is 32.2. The summed E-state index contributed by atoms with van der Waals surface area (Å²) in [6.07, 6.45) is 20.0. The summed E-state index contributed by atoms with van der Waals surface area (Å²) < 4.78 is 0. The number of carboxylic acid groups (broad SMARTS) is 2. The van der Waals surface area contributed by atoms with E-state index in [2.05, 4.69) is 19.1 Å². The van der Waals surface area contributed by atoms with E-state index in [1.807, 2.05) is 0 Å². The third-order valence-electron chi connectivity index (χ3n) is 4.76. The number of hydrogen-bond acceptors (Lipinski definition) is 4. The molecule has 0 aliphatic heterocycles. The number of carboxylic acids is 2. The molecule has 6 heteroatoms. The van der Waals surface area contributed by atoms with Crippen LogP contribution in [-0.2, 0) is 9.59 Å². The Balaban J connectivity index is 3.90. The van der Waals surface area contributed by atoms with Crippen LogP contribution in [-0.4, -0.2) is 39.2 Å². The number of unbranched alkanes of at least 4 members (excludes halogenated alkanes) is 10. The first-order chi connectivity index (χ1) is 13.5. The number of thioether (sulfide) groups is 1. The van der Waals surface area contributed by atoms with Crippen molar-refractivity contribution in [3.63, 3.8) is 0 Å². The molecule has 2 unspecified atom stereocenters. The van der Waals surface area contributed by atoms with Crippen LogP contribution in [0.2, 0.25) is 0 Å². The normalized spacial score (nSPS) is 13.6. The molecule has 5 nitrogen and oxygen atoms in total. The Bertz CT molecular complexity index is 429. The molecule has 0 saturated heterocycles. The minimum atomic E-state index is -0.994. The Kier molecular flexibility index (Phi) is 18.6. The van der Waals surface area contributed by atoms with Crippen molar-refractivity contribution >= 4 is 23.7 Å². The zero-order valence-electron chi connectivity index (χ0n) is 17.6. The molecule has 0 spiro atoms. The molecule has 0 rings (SSSR count). The number of nitrogens with two attached hydrogens (primary N) is 1. The first kappa shape index (κ1) is 27.0. The zero-order valence-corrected chi connectivity index (χ0v) is 18.4. The summed E-state index contributed by atoms with van der Waals surface area (Å²) in [6.45, 7) is 2.25. The van der Waals surface area contributed by atoms with Crippen molar-refractivity contribution in [2.24, 2.45) is 5.73 Å². The van der Waals surface area contributed by atoms with Crippen molar-refractivity contribution in [3.8, 4) is 0 Å². The topological polar surface area (TPSA) is 101 Å². The van der Waals surface area contributed by atoms with E-state index in [9.17, 15) is 9.59 Å². The van der Waals surface area contributed by atoms with Crippen LogP contribution in [0.1, 0.15) is 96.8 Å². The third kappa shape index (κ3) is 18.4. The lowest BCUT2D eigenvalue weighted by Crippen LogP contribution is -2.33. The highest BCUT2D eigenvalue weighted by Gasteiger charge is 2.14. The van der Waals surface area contributed by atoms with E-state index in [4.69, 9.17) is 15.9 Å². The van der Waals surface area contributed by atoms with E-state index < -0.39 is 18.0 Å². The first-order valence-electron chi connectivity index (χ1n) is 11.0. The zero-order chi connectivity index (χ0) is 21.0. The minimum Gasteiger partial charge on any atom is -0.481 e. The van der Waals surface area contributed by atoms with Gasteiger partial charge in [-0.05, 0) is 25.7 Å². The predicted molar refractivity (Wildman–Crippen MR) is 119 cm³/mol. The minimum absolute atomic E-state index is 0.132. The highest BCUT2D eigenvalue weighted by Crippen LogP contribution is 2.20. The number of rotatable bonds is 20. The Labute approximate surface area is 175 Å². The molecule has 0 fully saturated rings. The average Bonchev–Trinajstić information content (AvgIpc) is 2.65. The lowest BCUT2D eigenvalue weighted by molar-refractivity contribution is -0.138. The molecular formula is C22H41NO4S. The SMILES string of the molecule is CCCCCCCCCCCCC=CC(CCCC(=O)O)SCC(N)C(=O)O. The Morgan fingerprint density at radius 2 is 1.50 bits per heavy atom. The van der Waals surface area contributed by atoms with Gasteiger partial charge in [-0.15, -0.1) is 0 Å². The van der Waals surface area contributed by atoms with Crippen molar-refractivity contribution in [1.82, 2.24) is 0 Å². The van der Waals surface area contributed by atoms with E-state index in [1.54, 1.807) is 0 Å². The maximum Gasteiger partial charge on any atom is 0.321 e. The molecule has 0 aromatic carbocycles. The van der Waals surface area contributed by atoms with Gasteiger partial charge in [0.15, 0.2) is 0 Å². The molecule has 0 bridgehead atoms. The van der Waals surface area contributed by atoms with E-state index in [-0.39, 0.29) is 11.7 Å². The quantitative estimate of drug-likeness (QED) is 0.176. The fourth-order valence-corrected chi connectivity index (χ4v) is 4.14. The second kappa shape index (κ2) is 19.3. The van der Waals surface area contributed by atoms with Crippen LogP contribution in [0.15, 0.2) is 12.2 Å². The Hall–Kier alpha value is -1.01. The van der Waals surface area contributed by atoms with Crippen LogP contribution in [0.25, 0.3) is 0 Å². The second-order valence-corrected chi connectivity index (χ2v) is 8.77. The number of allylic oxidation sites excluding steroid dienone is 1. The number of hydrogen-bond donors (Lipinski definition) is 3. The summed E-state index contributed by atoms with van der Waals surface area (Å²) in [5.74, 6) is -1.44. The van der Waals surface area contributed by atoms with Gasteiger partial charge in [-0.25, -0.2) is 0 Å². The molecule has 164 valence electrons. The van der Waals surface area contributed by atoms with Gasteiger partial charge in [-0.3, -0.25) is 9.59 Å². The van der Waals surface area contributed by atoms with Crippen LogP contribution in [0.4, 0.5) is 0 Å². The molecule has 0 radical (unpaired) electrons. The first-order valence-corrected chi connectivity index (χ1v) is 12.0. The molecule has 0 saturated carbocycles. The van der Waals surface area contributed by atoms with E-state index in [0.29, 0.717) is 12.2 Å². The summed E-state index contributed by atoms with van der Waals surface area (Å²) in [5, 5.41) is 17.8. The fraction of sp³-hybridized carbons (Fsp3) is 0.818. The molecule has 0 heterocycles. The van der Waals surface area contributed by atoms with Crippen molar-refractivity contribution in [2.75, 3.05) is 5.75 Å². The Morgan fingerprint density at radius 1 is 0.929 bits per heavy atom. The lowest BCUT2D eigenvalue weighted by Gasteiger charge is -2.14. The van der Waals surface area contributed by atoms with Crippen LogP contribution in [0, 0.1) is 0 Å². The molecule has 2 atom stereocenters. The standard InChI is InChI=1S/C22H41NO4S/c1-2-3-4-5-6-7-8-9-10-11-12-13-15-19(16-14-17-21(24)25)28-18-20(23)22(26)27/h13,15,19-20H,2-12,14,16-18,23H2,1H3,(H,24,25)(H,26,27). The molecule has 28 heavy (non-hydrogen) atoms. The summed E-state index contributed by atoms with van der Waals surface area (Å²) in [5.41, 5.74) is 5.57. The van der Waals surface area contributed by atoms with Crippen molar-refractivity contribution < 1.29 is 19.8 Å². The van der Waals surface area contributed by atoms with Crippen LogP contribution < -0.4 is 5.73 Å². The van der Waals surface area contributed by atoms with Gasteiger partial charge in [-0.1, -0.05) is 76.9 Å². The van der Waals surface area contributed by atoms with Gasteiger partial charge in [-0.2, -0.15) is 11.8 Å². The Morgan fingerprint density at radius 3 is 2.04 bits per heavy atom. The smallest absolute Gasteiger partial charge is 0.321 e. The third-order valence-corrected chi connectivity index (χ3v) is 6.13. The van der Waals surface area contributed by atoms with Gasteiger partial charge >= 0.3 is 11.9 Å². The molecule has 4 N–H and O–H groups in total. The number of carbonyl (C=O) groups is 2. The van der Waals surface area contributed by atoms with Gasteiger partial charge in [0, 0.05) is 17.4 Å². The van der Waals surface area contributed by atoms with E-state index in [0.717, 1.165) is 12.8 Å². The molecule has 0 aromatic heterocycles. The largest absolute Gasteiger partial charge is 0.481 e. The van der Waals surface area contributed by atoms with E-state index >= 15 is 0 Å². The van der Waals surface area contributed by atoms with Crippen LogP contribution in [0.5, 0.6) is 0 Å².